The fraction of sp³-hybridized carbons (Fsp3) is 0.214. The van der Waals surface area contributed by atoms with E-state index in [-0.39, 0.29) is 11.7 Å². The van der Waals surface area contributed by atoms with Crippen molar-refractivity contribution >= 4 is 5.91 Å². The van der Waals surface area contributed by atoms with Crippen molar-refractivity contribution in [1.82, 2.24) is 5.32 Å². The van der Waals surface area contributed by atoms with Gasteiger partial charge in [0.05, 0.1) is 6.54 Å². The molecule has 0 saturated heterocycles. The zero-order chi connectivity index (χ0) is 13.1. The number of phenolic OH excluding ortho intramolecular Hbond substituents is 1. The molecule has 1 aromatic carbocycles. The van der Waals surface area contributed by atoms with Crippen molar-refractivity contribution in [1.29, 1.82) is 0 Å². The lowest BCUT2D eigenvalue weighted by atomic mass is 10.1. The average molecular weight is 245 g/mol. The third kappa shape index (κ3) is 2.71. The molecule has 0 radical (unpaired) electrons. The van der Waals surface area contributed by atoms with Crippen molar-refractivity contribution in [3.8, 4) is 5.75 Å². The van der Waals surface area contributed by atoms with Crippen LogP contribution in [0.1, 0.15) is 27.4 Å². The molecule has 2 rings (SSSR count). The highest BCUT2D eigenvalue weighted by molar-refractivity contribution is 5.95. The molecule has 2 N–H and O–H groups in total. The van der Waals surface area contributed by atoms with E-state index in [1.807, 2.05) is 19.1 Å². The number of phenols is 1. The zero-order valence-electron chi connectivity index (χ0n) is 10.4. The second kappa shape index (κ2) is 4.96. The summed E-state index contributed by atoms with van der Waals surface area (Å²) in [5, 5.41) is 12.1. The molecule has 0 fully saturated rings. The van der Waals surface area contributed by atoms with Gasteiger partial charge in [-0.05, 0) is 49.7 Å². The molecule has 18 heavy (non-hydrogen) atoms. The molecule has 0 aliphatic rings. The quantitative estimate of drug-likeness (QED) is 0.873. The fourth-order valence-corrected chi connectivity index (χ4v) is 1.75. The molecule has 0 bridgehead atoms. The molecule has 0 aliphatic carbocycles. The van der Waals surface area contributed by atoms with Gasteiger partial charge in [-0.25, -0.2) is 0 Å². The van der Waals surface area contributed by atoms with Crippen molar-refractivity contribution < 1.29 is 14.3 Å². The minimum atomic E-state index is -0.179. The van der Waals surface area contributed by atoms with Gasteiger partial charge in [0.2, 0.25) is 0 Å². The van der Waals surface area contributed by atoms with Gasteiger partial charge in [-0.3, -0.25) is 4.79 Å². The second-order valence-electron chi connectivity index (χ2n) is 4.19. The monoisotopic (exact) mass is 245 g/mol. The molecule has 1 heterocycles. The standard InChI is InChI=1S/C14H15NO3/c1-9-7-11(16)4-6-13(9)14(17)15-8-12-5-3-10(2)18-12/h3-7,16H,8H2,1-2H3,(H,15,17). The molecule has 94 valence electrons. The van der Waals surface area contributed by atoms with E-state index in [1.165, 1.54) is 6.07 Å². The van der Waals surface area contributed by atoms with Gasteiger partial charge in [0.1, 0.15) is 17.3 Å². The Balaban J connectivity index is 2.03. The first kappa shape index (κ1) is 12.2. The molecule has 2 aromatic rings. The van der Waals surface area contributed by atoms with Crippen molar-refractivity contribution in [2.75, 3.05) is 0 Å². The van der Waals surface area contributed by atoms with Crippen LogP contribution in [0.5, 0.6) is 5.75 Å². The number of furan rings is 1. The molecular formula is C14H15NO3. The number of rotatable bonds is 3. The summed E-state index contributed by atoms with van der Waals surface area (Å²) in [7, 11) is 0. The lowest BCUT2D eigenvalue weighted by Crippen LogP contribution is -2.23. The predicted octanol–water partition coefficient (Wildman–Crippen LogP) is 2.53. The molecule has 1 aromatic heterocycles. The average Bonchev–Trinajstić information content (AvgIpc) is 2.72. The maximum Gasteiger partial charge on any atom is 0.251 e. The summed E-state index contributed by atoms with van der Waals surface area (Å²) in [6.45, 7) is 3.99. The Morgan fingerprint density at radius 1 is 1.28 bits per heavy atom. The number of nitrogens with one attached hydrogen (secondary N) is 1. The molecule has 4 nitrogen and oxygen atoms in total. The summed E-state index contributed by atoms with van der Waals surface area (Å²) in [6, 6.07) is 8.35. The Kier molecular flexibility index (Phi) is 3.37. The largest absolute Gasteiger partial charge is 0.508 e. The van der Waals surface area contributed by atoms with Crippen LogP contribution in [0.25, 0.3) is 0 Å². The molecule has 1 amide bonds. The van der Waals surface area contributed by atoms with E-state index >= 15 is 0 Å². The van der Waals surface area contributed by atoms with E-state index in [4.69, 9.17) is 4.42 Å². The summed E-state index contributed by atoms with van der Waals surface area (Å²) >= 11 is 0. The van der Waals surface area contributed by atoms with Crippen molar-refractivity contribution in [2.45, 2.75) is 20.4 Å². The van der Waals surface area contributed by atoms with Gasteiger partial charge in [0.15, 0.2) is 0 Å². The Morgan fingerprint density at radius 3 is 2.67 bits per heavy atom. The maximum atomic E-state index is 11.9. The number of aromatic hydroxyl groups is 1. The molecular weight excluding hydrogens is 230 g/mol. The number of carbonyl (C=O) groups excluding carboxylic acids is 1. The lowest BCUT2D eigenvalue weighted by molar-refractivity contribution is 0.0947. The van der Waals surface area contributed by atoms with Crippen LogP contribution in [-0.4, -0.2) is 11.0 Å². The van der Waals surface area contributed by atoms with Crippen LogP contribution in [0.15, 0.2) is 34.7 Å². The molecule has 0 saturated carbocycles. The molecule has 0 atom stereocenters. The topological polar surface area (TPSA) is 62.5 Å². The first-order valence-electron chi connectivity index (χ1n) is 5.69. The summed E-state index contributed by atoms with van der Waals surface area (Å²) in [6.07, 6.45) is 0. The van der Waals surface area contributed by atoms with Crippen molar-refractivity contribution in [3.63, 3.8) is 0 Å². The van der Waals surface area contributed by atoms with Crippen LogP contribution in [-0.2, 0) is 6.54 Å². The Morgan fingerprint density at radius 2 is 2.06 bits per heavy atom. The van der Waals surface area contributed by atoms with E-state index in [0.717, 1.165) is 17.1 Å². The number of hydrogen-bond acceptors (Lipinski definition) is 3. The number of benzene rings is 1. The minimum Gasteiger partial charge on any atom is -0.508 e. The van der Waals surface area contributed by atoms with Gasteiger partial charge in [-0.2, -0.15) is 0 Å². The summed E-state index contributed by atoms with van der Waals surface area (Å²) in [4.78, 5) is 11.9. The maximum absolute atomic E-state index is 11.9. The Bertz CT molecular complexity index is 572. The van der Waals surface area contributed by atoms with Crippen LogP contribution < -0.4 is 5.32 Å². The number of aryl methyl sites for hydroxylation is 2. The zero-order valence-corrected chi connectivity index (χ0v) is 10.4. The van der Waals surface area contributed by atoms with Crippen LogP contribution in [0.4, 0.5) is 0 Å². The number of hydrogen-bond donors (Lipinski definition) is 2. The Hall–Kier alpha value is -2.23. The van der Waals surface area contributed by atoms with E-state index in [2.05, 4.69) is 5.32 Å². The van der Waals surface area contributed by atoms with Gasteiger partial charge >= 0.3 is 0 Å². The van der Waals surface area contributed by atoms with E-state index in [1.54, 1.807) is 19.1 Å². The van der Waals surface area contributed by atoms with Crippen LogP contribution in [0, 0.1) is 13.8 Å². The normalized spacial score (nSPS) is 10.3. The van der Waals surface area contributed by atoms with E-state index < -0.39 is 0 Å². The van der Waals surface area contributed by atoms with Gasteiger partial charge < -0.3 is 14.8 Å². The highest BCUT2D eigenvalue weighted by Gasteiger charge is 2.09. The van der Waals surface area contributed by atoms with Gasteiger partial charge in [-0.15, -0.1) is 0 Å². The minimum absolute atomic E-state index is 0.158. The van der Waals surface area contributed by atoms with Crippen LogP contribution in [0.3, 0.4) is 0 Å². The fourth-order valence-electron chi connectivity index (χ4n) is 1.75. The van der Waals surface area contributed by atoms with Gasteiger partial charge in [-0.1, -0.05) is 0 Å². The SMILES string of the molecule is Cc1ccc(CNC(=O)c2ccc(O)cc2C)o1. The van der Waals surface area contributed by atoms with Gasteiger partial charge in [0, 0.05) is 5.56 Å². The third-order valence-corrected chi connectivity index (χ3v) is 2.67. The predicted molar refractivity (Wildman–Crippen MR) is 67.5 cm³/mol. The van der Waals surface area contributed by atoms with Gasteiger partial charge in [0.25, 0.3) is 5.91 Å². The Labute approximate surface area is 105 Å². The molecule has 0 spiro atoms. The summed E-state index contributed by atoms with van der Waals surface area (Å²) in [5.41, 5.74) is 1.29. The number of amides is 1. The first-order valence-corrected chi connectivity index (χ1v) is 5.69. The van der Waals surface area contributed by atoms with E-state index in [0.29, 0.717) is 12.1 Å². The van der Waals surface area contributed by atoms with Crippen molar-refractivity contribution in [3.05, 3.63) is 53.0 Å². The van der Waals surface area contributed by atoms with Crippen molar-refractivity contribution in [2.24, 2.45) is 0 Å². The highest BCUT2D eigenvalue weighted by atomic mass is 16.3. The lowest BCUT2D eigenvalue weighted by Gasteiger charge is -2.06. The third-order valence-electron chi connectivity index (χ3n) is 2.67. The molecule has 0 unspecified atom stereocenters. The molecule has 4 heteroatoms. The first-order chi connectivity index (χ1) is 8.56. The second-order valence-corrected chi connectivity index (χ2v) is 4.19. The smallest absolute Gasteiger partial charge is 0.251 e. The highest BCUT2D eigenvalue weighted by Crippen LogP contribution is 2.15. The van der Waals surface area contributed by atoms with Crippen LogP contribution >= 0.6 is 0 Å². The van der Waals surface area contributed by atoms with Crippen LogP contribution in [0.2, 0.25) is 0 Å². The summed E-state index contributed by atoms with van der Waals surface area (Å²) < 4.78 is 5.36. The van der Waals surface area contributed by atoms with E-state index in [9.17, 15) is 9.90 Å². The summed E-state index contributed by atoms with van der Waals surface area (Å²) in [5.74, 6) is 1.52. The molecule has 0 aliphatic heterocycles. The number of carbonyl (C=O) groups is 1.